The van der Waals surface area contributed by atoms with E-state index in [4.69, 9.17) is 20.9 Å². The maximum absolute atomic E-state index is 10.6. The zero-order valence-electron chi connectivity index (χ0n) is 9.31. The second-order valence-corrected chi connectivity index (χ2v) is 3.83. The van der Waals surface area contributed by atoms with Crippen molar-refractivity contribution < 1.29 is 14.3 Å². The van der Waals surface area contributed by atoms with Crippen LogP contribution in [0.5, 0.6) is 5.75 Å². The Kier molecular flexibility index (Phi) is 3.34. The second-order valence-electron chi connectivity index (χ2n) is 3.83. The molecule has 17 heavy (non-hydrogen) atoms. The average Bonchev–Trinajstić information content (AvgIpc) is 2.17. The Morgan fingerprint density at radius 1 is 1.59 bits per heavy atom. The van der Waals surface area contributed by atoms with Gasteiger partial charge in [-0.1, -0.05) is 0 Å². The van der Waals surface area contributed by atoms with E-state index in [0.717, 1.165) is 25.3 Å². The normalized spacial score (nSPS) is 18.2. The third kappa shape index (κ3) is 3.01. The van der Waals surface area contributed by atoms with Crippen LogP contribution in [0.4, 0.5) is 16.2 Å². The fraction of sp³-hybridized carbons (Fsp3) is 0.364. The van der Waals surface area contributed by atoms with E-state index in [-0.39, 0.29) is 6.10 Å². The van der Waals surface area contributed by atoms with E-state index >= 15 is 0 Å². The van der Waals surface area contributed by atoms with Gasteiger partial charge in [-0.2, -0.15) is 0 Å². The first-order valence-corrected chi connectivity index (χ1v) is 5.37. The molecule has 0 aromatic heterocycles. The first-order chi connectivity index (χ1) is 8.15. The molecule has 1 amide bonds. The SMILES string of the molecule is NC(=O)Oc1ccc(NCC2CCO2)c(N)c1. The van der Waals surface area contributed by atoms with Gasteiger partial charge in [0, 0.05) is 19.2 Å². The van der Waals surface area contributed by atoms with Gasteiger partial charge in [0.15, 0.2) is 0 Å². The Bertz CT molecular complexity index is 418. The lowest BCUT2D eigenvalue weighted by molar-refractivity contribution is -0.0410. The molecule has 1 unspecified atom stereocenters. The largest absolute Gasteiger partial charge is 0.410 e. The molecular formula is C11H15N3O3. The van der Waals surface area contributed by atoms with Crippen LogP contribution in [0.3, 0.4) is 0 Å². The highest BCUT2D eigenvalue weighted by molar-refractivity contribution is 5.72. The van der Waals surface area contributed by atoms with Crippen molar-refractivity contribution in [2.45, 2.75) is 12.5 Å². The molecule has 1 aliphatic heterocycles. The lowest BCUT2D eigenvalue weighted by Crippen LogP contribution is -2.33. The number of rotatable bonds is 4. The molecule has 1 saturated heterocycles. The summed E-state index contributed by atoms with van der Waals surface area (Å²) in [6, 6.07) is 4.92. The fourth-order valence-electron chi connectivity index (χ4n) is 1.55. The van der Waals surface area contributed by atoms with Gasteiger partial charge in [0.05, 0.1) is 17.5 Å². The van der Waals surface area contributed by atoms with Crippen LogP contribution in [0, 0.1) is 0 Å². The number of nitrogens with one attached hydrogen (secondary N) is 1. The molecule has 1 atom stereocenters. The molecule has 1 aromatic carbocycles. The molecule has 0 spiro atoms. The van der Waals surface area contributed by atoms with Crippen molar-refractivity contribution in [2.24, 2.45) is 5.73 Å². The van der Waals surface area contributed by atoms with Crippen molar-refractivity contribution in [2.75, 3.05) is 24.2 Å². The van der Waals surface area contributed by atoms with Crippen molar-refractivity contribution in [3.8, 4) is 5.75 Å². The highest BCUT2D eigenvalue weighted by Gasteiger charge is 2.17. The molecule has 0 radical (unpaired) electrons. The molecule has 6 nitrogen and oxygen atoms in total. The molecule has 0 bridgehead atoms. The van der Waals surface area contributed by atoms with Gasteiger partial charge in [-0.15, -0.1) is 0 Å². The van der Waals surface area contributed by atoms with E-state index in [1.165, 1.54) is 0 Å². The summed E-state index contributed by atoms with van der Waals surface area (Å²) in [6.07, 6.45) is 0.472. The minimum Gasteiger partial charge on any atom is -0.410 e. The van der Waals surface area contributed by atoms with Gasteiger partial charge in [0.1, 0.15) is 5.75 Å². The molecular weight excluding hydrogens is 222 g/mol. The zero-order chi connectivity index (χ0) is 12.3. The second kappa shape index (κ2) is 4.92. The number of hydrogen-bond acceptors (Lipinski definition) is 5. The fourth-order valence-corrected chi connectivity index (χ4v) is 1.55. The Labute approximate surface area is 98.9 Å². The Hall–Kier alpha value is -1.95. The van der Waals surface area contributed by atoms with E-state index in [1.54, 1.807) is 18.2 Å². The van der Waals surface area contributed by atoms with Gasteiger partial charge < -0.3 is 26.3 Å². The van der Waals surface area contributed by atoms with E-state index in [9.17, 15) is 4.79 Å². The number of carbonyl (C=O) groups excluding carboxylic acids is 1. The molecule has 1 aromatic rings. The Balaban J connectivity index is 1.95. The van der Waals surface area contributed by atoms with E-state index in [2.05, 4.69) is 5.32 Å². The lowest BCUT2D eigenvalue weighted by Gasteiger charge is -2.27. The number of nitrogen functional groups attached to an aromatic ring is 1. The van der Waals surface area contributed by atoms with Crippen LogP contribution in [-0.4, -0.2) is 25.3 Å². The predicted octanol–water partition coefficient (Wildman–Crippen LogP) is 0.927. The van der Waals surface area contributed by atoms with Gasteiger partial charge in [0.2, 0.25) is 0 Å². The summed E-state index contributed by atoms with van der Waals surface area (Å²) in [5.74, 6) is 0.334. The van der Waals surface area contributed by atoms with Crippen molar-refractivity contribution in [3.63, 3.8) is 0 Å². The van der Waals surface area contributed by atoms with Crippen molar-refractivity contribution in [1.82, 2.24) is 0 Å². The molecule has 2 rings (SSSR count). The summed E-state index contributed by atoms with van der Waals surface area (Å²) in [6.45, 7) is 1.55. The molecule has 6 heteroatoms. The van der Waals surface area contributed by atoms with Gasteiger partial charge in [-0.05, 0) is 18.6 Å². The maximum atomic E-state index is 10.6. The third-order valence-corrected chi connectivity index (χ3v) is 2.56. The summed E-state index contributed by atoms with van der Waals surface area (Å²) >= 11 is 0. The minimum atomic E-state index is -0.854. The molecule has 0 aliphatic carbocycles. The van der Waals surface area contributed by atoms with Crippen LogP contribution in [0.2, 0.25) is 0 Å². The minimum absolute atomic E-state index is 0.260. The van der Waals surface area contributed by atoms with Crippen LogP contribution in [0.25, 0.3) is 0 Å². The number of amides is 1. The van der Waals surface area contributed by atoms with E-state index < -0.39 is 6.09 Å². The molecule has 5 N–H and O–H groups in total. The van der Waals surface area contributed by atoms with Crippen LogP contribution < -0.4 is 21.5 Å². The maximum Gasteiger partial charge on any atom is 0.409 e. The number of hydrogen-bond donors (Lipinski definition) is 3. The highest BCUT2D eigenvalue weighted by Crippen LogP contribution is 2.25. The van der Waals surface area contributed by atoms with Crippen molar-refractivity contribution in [1.29, 1.82) is 0 Å². The standard InChI is InChI=1S/C11H15N3O3/c12-9-5-7(17-11(13)15)1-2-10(9)14-6-8-3-4-16-8/h1-2,5,8,14H,3-4,6,12H2,(H2,13,15). The lowest BCUT2D eigenvalue weighted by atomic mass is 10.2. The van der Waals surface area contributed by atoms with Gasteiger partial charge in [-0.25, -0.2) is 4.79 Å². The average molecular weight is 237 g/mol. The number of ether oxygens (including phenoxy) is 2. The van der Waals surface area contributed by atoms with Gasteiger partial charge in [-0.3, -0.25) is 0 Å². The summed E-state index contributed by atoms with van der Waals surface area (Å²) in [4.78, 5) is 10.6. The number of nitrogens with two attached hydrogens (primary N) is 2. The molecule has 1 heterocycles. The van der Waals surface area contributed by atoms with Crippen LogP contribution in [-0.2, 0) is 4.74 Å². The van der Waals surface area contributed by atoms with Crippen LogP contribution >= 0.6 is 0 Å². The first kappa shape index (κ1) is 11.5. The quantitative estimate of drug-likeness (QED) is 0.676. The number of benzene rings is 1. The summed E-state index contributed by atoms with van der Waals surface area (Å²) < 4.78 is 9.99. The molecule has 0 saturated carbocycles. The Morgan fingerprint density at radius 3 is 2.88 bits per heavy atom. The summed E-state index contributed by atoms with van der Waals surface area (Å²) in [5.41, 5.74) is 12.0. The topological polar surface area (TPSA) is 99.6 Å². The van der Waals surface area contributed by atoms with Crippen molar-refractivity contribution >= 4 is 17.5 Å². The highest BCUT2D eigenvalue weighted by atomic mass is 16.5. The molecule has 92 valence electrons. The van der Waals surface area contributed by atoms with E-state index in [0.29, 0.717) is 11.4 Å². The van der Waals surface area contributed by atoms with Crippen molar-refractivity contribution in [3.05, 3.63) is 18.2 Å². The summed E-state index contributed by atoms with van der Waals surface area (Å²) in [5, 5.41) is 3.17. The smallest absolute Gasteiger partial charge is 0.409 e. The van der Waals surface area contributed by atoms with Gasteiger partial charge >= 0.3 is 6.09 Å². The molecule has 1 aliphatic rings. The number of carbonyl (C=O) groups is 1. The third-order valence-electron chi connectivity index (χ3n) is 2.56. The predicted molar refractivity (Wildman–Crippen MR) is 63.9 cm³/mol. The number of primary amides is 1. The van der Waals surface area contributed by atoms with E-state index in [1.807, 2.05) is 0 Å². The number of anilines is 2. The monoisotopic (exact) mass is 237 g/mol. The Morgan fingerprint density at radius 2 is 2.35 bits per heavy atom. The zero-order valence-corrected chi connectivity index (χ0v) is 9.31. The van der Waals surface area contributed by atoms with Crippen LogP contribution in [0.1, 0.15) is 6.42 Å². The van der Waals surface area contributed by atoms with Crippen LogP contribution in [0.15, 0.2) is 18.2 Å². The molecule has 1 fully saturated rings. The van der Waals surface area contributed by atoms with Gasteiger partial charge in [0.25, 0.3) is 0 Å². The summed E-state index contributed by atoms with van der Waals surface area (Å²) in [7, 11) is 0. The first-order valence-electron chi connectivity index (χ1n) is 5.37.